The quantitative estimate of drug-likeness (QED) is 0.624. The van der Waals surface area contributed by atoms with Crippen molar-refractivity contribution in [3.63, 3.8) is 0 Å². The molecule has 0 spiro atoms. The van der Waals surface area contributed by atoms with Gasteiger partial charge in [0, 0.05) is 11.4 Å². The Labute approximate surface area is 110 Å². The number of allylic oxidation sites excluding steroid dienone is 1. The van der Waals surface area contributed by atoms with Gasteiger partial charge in [-0.1, -0.05) is 11.6 Å². The summed E-state index contributed by atoms with van der Waals surface area (Å²) in [6, 6.07) is 4.30. The molecule has 1 aliphatic rings. The average Bonchev–Trinajstić information content (AvgIpc) is 2.72. The first-order chi connectivity index (χ1) is 7.84. The second kappa shape index (κ2) is 6.58. The fourth-order valence-corrected chi connectivity index (χ4v) is 3.49. The largest absolute Gasteiger partial charge is 0.312 e. The molecule has 16 heavy (non-hydrogen) atoms. The standard InChI is InChI=1S/C13H18BrNS/c14-13-7-6-12(16-13)10-15-9-8-11-4-2-1-3-5-11/h4,6-7,15H,1-3,5,8-10H2. The molecule has 2 rings (SSSR count). The van der Waals surface area contributed by atoms with E-state index in [0.717, 1.165) is 13.1 Å². The summed E-state index contributed by atoms with van der Waals surface area (Å²) in [5.41, 5.74) is 1.66. The fraction of sp³-hybridized carbons (Fsp3) is 0.538. The second-order valence-corrected chi connectivity index (χ2v) is 6.79. The van der Waals surface area contributed by atoms with E-state index in [9.17, 15) is 0 Å². The van der Waals surface area contributed by atoms with E-state index < -0.39 is 0 Å². The van der Waals surface area contributed by atoms with E-state index in [1.54, 1.807) is 5.57 Å². The lowest BCUT2D eigenvalue weighted by Gasteiger charge is -2.12. The van der Waals surface area contributed by atoms with Crippen molar-refractivity contribution in [2.45, 2.75) is 38.6 Å². The Balaban J connectivity index is 1.63. The van der Waals surface area contributed by atoms with Gasteiger partial charge in [-0.05, 0) is 66.7 Å². The third-order valence-corrected chi connectivity index (χ3v) is 4.56. The Hall–Kier alpha value is -0.120. The Bertz CT molecular complexity index is 357. The van der Waals surface area contributed by atoms with Gasteiger partial charge in [0.15, 0.2) is 0 Å². The van der Waals surface area contributed by atoms with Crippen LogP contribution in [0.2, 0.25) is 0 Å². The normalized spacial score (nSPS) is 16.2. The number of thiophene rings is 1. The van der Waals surface area contributed by atoms with Crippen molar-refractivity contribution in [3.8, 4) is 0 Å². The molecule has 1 N–H and O–H groups in total. The molecule has 0 radical (unpaired) electrons. The summed E-state index contributed by atoms with van der Waals surface area (Å²) in [4.78, 5) is 1.41. The SMILES string of the molecule is Brc1ccc(CNCCC2=CCCCC2)s1. The van der Waals surface area contributed by atoms with Crippen LogP contribution in [0.25, 0.3) is 0 Å². The van der Waals surface area contributed by atoms with Gasteiger partial charge < -0.3 is 5.32 Å². The van der Waals surface area contributed by atoms with Gasteiger partial charge >= 0.3 is 0 Å². The van der Waals surface area contributed by atoms with Crippen molar-refractivity contribution < 1.29 is 0 Å². The van der Waals surface area contributed by atoms with E-state index in [2.05, 4.69) is 39.5 Å². The summed E-state index contributed by atoms with van der Waals surface area (Å²) >= 11 is 5.30. The first-order valence-electron chi connectivity index (χ1n) is 5.97. The van der Waals surface area contributed by atoms with Crippen molar-refractivity contribution in [3.05, 3.63) is 32.4 Å². The lowest BCUT2D eigenvalue weighted by Crippen LogP contribution is -2.14. The van der Waals surface area contributed by atoms with Crippen LogP contribution in [-0.2, 0) is 6.54 Å². The Morgan fingerprint density at radius 3 is 2.94 bits per heavy atom. The van der Waals surface area contributed by atoms with Crippen LogP contribution in [0.15, 0.2) is 27.6 Å². The van der Waals surface area contributed by atoms with Crippen molar-refractivity contribution in [1.29, 1.82) is 0 Å². The van der Waals surface area contributed by atoms with Crippen molar-refractivity contribution in [1.82, 2.24) is 5.32 Å². The van der Waals surface area contributed by atoms with E-state index in [1.165, 1.54) is 40.8 Å². The summed E-state index contributed by atoms with van der Waals surface area (Å²) in [5, 5.41) is 3.51. The molecule has 0 fully saturated rings. The molecular formula is C13H18BrNS. The lowest BCUT2D eigenvalue weighted by atomic mass is 9.97. The highest BCUT2D eigenvalue weighted by atomic mass is 79.9. The second-order valence-electron chi connectivity index (χ2n) is 4.24. The molecule has 0 aromatic carbocycles. The maximum absolute atomic E-state index is 3.51. The van der Waals surface area contributed by atoms with E-state index in [1.807, 2.05) is 11.3 Å². The van der Waals surface area contributed by atoms with Gasteiger partial charge in [0.25, 0.3) is 0 Å². The Morgan fingerprint density at radius 1 is 1.31 bits per heavy atom. The Kier molecular flexibility index (Phi) is 5.07. The zero-order valence-electron chi connectivity index (χ0n) is 9.47. The summed E-state index contributed by atoms with van der Waals surface area (Å²) in [6.45, 7) is 2.12. The maximum atomic E-state index is 3.51. The minimum atomic E-state index is 1.00. The third-order valence-electron chi connectivity index (χ3n) is 2.94. The Morgan fingerprint density at radius 2 is 2.25 bits per heavy atom. The molecule has 0 aliphatic heterocycles. The highest BCUT2D eigenvalue weighted by molar-refractivity contribution is 9.11. The number of halogens is 1. The van der Waals surface area contributed by atoms with Crippen molar-refractivity contribution in [2.24, 2.45) is 0 Å². The first kappa shape index (κ1) is 12.3. The van der Waals surface area contributed by atoms with Gasteiger partial charge in [-0.25, -0.2) is 0 Å². The number of hydrogen-bond donors (Lipinski definition) is 1. The van der Waals surface area contributed by atoms with E-state index in [4.69, 9.17) is 0 Å². The summed E-state index contributed by atoms with van der Waals surface area (Å²) in [5.74, 6) is 0. The topological polar surface area (TPSA) is 12.0 Å². The van der Waals surface area contributed by atoms with E-state index >= 15 is 0 Å². The summed E-state index contributed by atoms with van der Waals surface area (Å²) < 4.78 is 1.22. The first-order valence-corrected chi connectivity index (χ1v) is 7.58. The smallest absolute Gasteiger partial charge is 0.0701 e. The van der Waals surface area contributed by atoms with Gasteiger partial charge in [0.2, 0.25) is 0 Å². The summed E-state index contributed by atoms with van der Waals surface area (Å²) in [6.07, 6.45) is 9.07. The molecule has 1 aromatic rings. The van der Waals surface area contributed by atoms with Gasteiger partial charge in [-0.3, -0.25) is 0 Å². The minimum Gasteiger partial charge on any atom is -0.312 e. The molecule has 3 heteroatoms. The van der Waals surface area contributed by atoms with Crippen LogP contribution in [-0.4, -0.2) is 6.54 Å². The van der Waals surface area contributed by atoms with Gasteiger partial charge in [-0.15, -0.1) is 11.3 Å². The molecule has 1 heterocycles. The van der Waals surface area contributed by atoms with E-state index in [0.29, 0.717) is 0 Å². The predicted octanol–water partition coefficient (Wildman–Crippen LogP) is 4.49. The monoisotopic (exact) mass is 299 g/mol. The van der Waals surface area contributed by atoms with Crippen LogP contribution in [0.5, 0.6) is 0 Å². The molecule has 0 saturated heterocycles. The zero-order valence-corrected chi connectivity index (χ0v) is 11.9. The highest BCUT2D eigenvalue weighted by Gasteiger charge is 2.03. The number of hydrogen-bond acceptors (Lipinski definition) is 2. The molecule has 0 unspecified atom stereocenters. The van der Waals surface area contributed by atoms with Crippen LogP contribution in [0, 0.1) is 0 Å². The lowest BCUT2D eigenvalue weighted by molar-refractivity contribution is 0.635. The molecule has 0 amide bonds. The molecule has 1 aromatic heterocycles. The fourth-order valence-electron chi connectivity index (χ4n) is 2.04. The molecular weight excluding hydrogens is 282 g/mol. The van der Waals surface area contributed by atoms with Crippen LogP contribution in [0.1, 0.15) is 37.0 Å². The molecule has 0 saturated carbocycles. The average molecular weight is 300 g/mol. The van der Waals surface area contributed by atoms with Crippen LogP contribution in [0.3, 0.4) is 0 Å². The highest BCUT2D eigenvalue weighted by Crippen LogP contribution is 2.22. The van der Waals surface area contributed by atoms with Gasteiger partial charge in [0.05, 0.1) is 3.79 Å². The number of rotatable bonds is 5. The molecule has 1 nitrogen and oxygen atoms in total. The van der Waals surface area contributed by atoms with Crippen LogP contribution < -0.4 is 5.32 Å². The minimum absolute atomic E-state index is 1.00. The zero-order chi connectivity index (χ0) is 11.2. The van der Waals surface area contributed by atoms with Crippen molar-refractivity contribution in [2.75, 3.05) is 6.54 Å². The van der Waals surface area contributed by atoms with E-state index in [-0.39, 0.29) is 0 Å². The van der Waals surface area contributed by atoms with Gasteiger partial charge in [0.1, 0.15) is 0 Å². The third kappa shape index (κ3) is 4.04. The van der Waals surface area contributed by atoms with Crippen LogP contribution >= 0.6 is 27.3 Å². The molecule has 0 bridgehead atoms. The van der Waals surface area contributed by atoms with Crippen molar-refractivity contribution >= 4 is 27.3 Å². The van der Waals surface area contributed by atoms with Crippen LogP contribution in [0.4, 0.5) is 0 Å². The molecule has 1 aliphatic carbocycles. The predicted molar refractivity (Wildman–Crippen MR) is 74.9 cm³/mol. The molecule has 88 valence electrons. The maximum Gasteiger partial charge on any atom is 0.0701 e. The molecule has 0 atom stereocenters. The summed E-state index contributed by atoms with van der Waals surface area (Å²) in [7, 11) is 0. The van der Waals surface area contributed by atoms with Gasteiger partial charge in [-0.2, -0.15) is 0 Å². The number of nitrogens with one attached hydrogen (secondary N) is 1.